The zero-order chi connectivity index (χ0) is 11.8. The van der Waals surface area contributed by atoms with Crippen LogP contribution in [0.4, 0.5) is 0 Å². The van der Waals surface area contributed by atoms with E-state index >= 15 is 0 Å². The Kier molecular flexibility index (Phi) is 2.29. The Morgan fingerprint density at radius 1 is 1.41 bits per heavy atom. The van der Waals surface area contributed by atoms with Gasteiger partial charge in [-0.05, 0) is 17.5 Å². The van der Waals surface area contributed by atoms with Crippen LogP contribution in [0.3, 0.4) is 0 Å². The van der Waals surface area contributed by atoms with E-state index < -0.39 is 0 Å². The van der Waals surface area contributed by atoms with Crippen molar-refractivity contribution >= 4 is 21.4 Å². The van der Waals surface area contributed by atoms with Gasteiger partial charge in [0.05, 0.1) is 11.9 Å². The molecule has 3 aromatic rings. The summed E-state index contributed by atoms with van der Waals surface area (Å²) in [6.45, 7) is 0.446. The summed E-state index contributed by atoms with van der Waals surface area (Å²) in [7, 11) is 1.86. The molecule has 17 heavy (non-hydrogen) atoms. The van der Waals surface area contributed by atoms with Gasteiger partial charge in [-0.25, -0.2) is 0 Å². The third-order valence-electron chi connectivity index (χ3n) is 2.71. The molecule has 0 saturated carbocycles. The maximum Gasteiger partial charge on any atom is 0.259 e. The predicted molar refractivity (Wildman–Crippen MR) is 66.2 cm³/mol. The molecule has 0 atom stereocenters. The largest absolute Gasteiger partial charge is 0.319 e. The molecule has 0 amide bonds. The number of aryl methyl sites for hydroxylation is 1. The van der Waals surface area contributed by atoms with Crippen LogP contribution in [0.5, 0.6) is 0 Å². The fraction of sp³-hybridized carbons (Fsp3) is 0.182. The molecule has 0 spiro atoms. The van der Waals surface area contributed by atoms with Gasteiger partial charge in [0.25, 0.3) is 5.56 Å². The highest BCUT2D eigenvalue weighted by molar-refractivity contribution is 7.17. The van der Waals surface area contributed by atoms with E-state index in [1.54, 1.807) is 28.4 Å². The number of pyridine rings is 1. The third kappa shape index (κ3) is 1.66. The number of rotatable bonds is 2. The minimum Gasteiger partial charge on any atom is -0.319 e. The first kappa shape index (κ1) is 10.2. The molecule has 6 heteroatoms. The van der Waals surface area contributed by atoms with E-state index in [1.807, 2.05) is 29.1 Å². The maximum absolute atomic E-state index is 12.1. The van der Waals surface area contributed by atoms with E-state index in [2.05, 4.69) is 10.2 Å². The van der Waals surface area contributed by atoms with Gasteiger partial charge in [0.2, 0.25) is 0 Å². The van der Waals surface area contributed by atoms with Crippen molar-refractivity contribution in [2.24, 2.45) is 7.05 Å². The lowest BCUT2D eigenvalue weighted by Crippen LogP contribution is -2.21. The average Bonchev–Trinajstić information content (AvgIpc) is 2.92. The van der Waals surface area contributed by atoms with Gasteiger partial charge < -0.3 is 9.13 Å². The van der Waals surface area contributed by atoms with Gasteiger partial charge in [-0.15, -0.1) is 21.5 Å². The molecule has 3 heterocycles. The summed E-state index contributed by atoms with van der Waals surface area (Å²) in [6, 6.07) is 3.81. The third-order valence-corrected chi connectivity index (χ3v) is 3.59. The van der Waals surface area contributed by atoms with Crippen molar-refractivity contribution in [2.75, 3.05) is 0 Å². The Balaban J connectivity index is 2.09. The van der Waals surface area contributed by atoms with Crippen molar-refractivity contribution in [1.82, 2.24) is 19.3 Å². The molecule has 0 bridgehead atoms. The van der Waals surface area contributed by atoms with E-state index in [0.717, 1.165) is 15.9 Å². The first-order valence-electron chi connectivity index (χ1n) is 5.15. The van der Waals surface area contributed by atoms with Crippen LogP contribution in [0.15, 0.2) is 34.8 Å². The van der Waals surface area contributed by atoms with Crippen LogP contribution in [-0.4, -0.2) is 19.3 Å². The van der Waals surface area contributed by atoms with E-state index in [1.165, 1.54) is 0 Å². The number of nitrogens with zero attached hydrogens (tertiary/aromatic N) is 4. The van der Waals surface area contributed by atoms with Crippen molar-refractivity contribution in [2.45, 2.75) is 6.54 Å². The molecular formula is C11H10N4OS. The normalized spacial score (nSPS) is 11.1. The summed E-state index contributed by atoms with van der Waals surface area (Å²) >= 11 is 1.57. The lowest BCUT2D eigenvalue weighted by molar-refractivity contribution is 0.681. The lowest BCUT2D eigenvalue weighted by atomic mass is 10.3. The standard InChI is InChI=1S/C11H10N4OS/c1-14-7-12-13-10(14)6-15-4-2-9-8(11(15)16)3-5-17-9/h2-5,7H,6H2,1H3. The molecule has 5 nitrogen and oxygen atoms in total. The predicted octanol–water partition coefficient (Wildman–Crippen LogP) is 1.24. The molecule has 0 N–H and O–H groups in total. The molecule has 0 fully saturated rings. The highest BCUT2D eigenvalue weighted by atomic mass is 32.1. The Morgan fingerprint density at radius 2 is 2.29 bits per heavy atom. The summed E-state index contributed by atoms with van der Waals surface area (Å²) in [5.41, 5.74) is 0.0201. The first-order valence-corrected chi connectivity index (χ1v) is 6.03. The van der Waals surface area contributed by atoms with Crippen molar-refractivity contribution in [3.8, 4) is 0 Å². The Hall–Kier alpha value is -1.95. The minimum absolute atomic E-state index is 0.0201. The number of hydrogen-bond donors (Lipinski definition) is 0. The molecule has 0 aliphatic rings. The summed E-state index contributed by atoms with van der Waals surface area (Å²) in [6.07, 6.45) is 3.43. The molecule has 0 aliphatic carbocycles. The second kappa shape index (κ2) is 3.81. The van der Waals surface area contributed by atoms with Crippen molar-refractivity contribution in [3.63, 3.8) is 0 Å². The molecule has 3 rings (SSSR count). The second-order valence-electron chi connectivity index (χ2n) is 3.81. The minimum atomic E-state index is 0.0201. The zero-order valence-electron chi connectivity index (χ0n) is 9.20. The Labute approximate surface area is 101 Å². The van der Waals surface area contributed by atoms with Gasteiger partial charge in [-0.3, -0.25) is 4.79 Å². The number of fused-ring (bicyclic) bond motifs is 1. The van der Waals surface area contributed by atoms with Crippen molar-refractivity contribution in [1.29, 1.82) is 0 Å². The molecule has 0 unspecified atom stereocenters. The van der Waals surface area contributed by atoms with Crippen LogP contribution in [0.1, 0.15) is 5.82 Å². The fourth-order valence-electron chi connectivity index (χ4n) is 1.73. The van der Waals surface area contributed by atoms with E-state index in [-0.39, 0.29) is 5.56 Å². The van der Waals surface area contributed by atoms with Gasteiger partial charge in [0.15, 0.2) is 5.82 Å². The quantitative estimate of drug-likeness (QED) is 0.683. The van der Waals surface area contributed by atoms with Crippen LogP contribution in [0.25, 0.3) is 10.1 Å². The highest BCUT2D eigenvalue weighted by Crippen LogP contribution is 2.16. The van der Waals surface area contributed by atoms with Crippen molar-refractivity contribution < 1.29 is 0 Å². The second-order valence-corrected chi connectivity index (χ2v) is 4.75. The fourth-order valence-corrected chi connectivity index (χ4v) is 2.51. The number of aromatic nitrogens is 4. The molecule has 3 aromatic heterocycles. The van der Waals surface area contributed by atoms with Crippen LogP contribution < -0.4 is 5.56 Å². The van der Waals surface area contributed by atoms with E-state index in [4.69, 9.17) is 0 Å². The summed E-state index contributed by atoms with van der Waals surface area (Å²) in [5, 5.41) is 10.5. The topological polar surface area (TPSA) is 52.7 Å². The Bertz CT molecular complexity index is 724. The maximum atomic E-state index is 12.1. The average molecular weight is 246 g/mol. The van der Waals surface area contributed by atoms with Crippen LogP contribution >= 0.6 is 11.3 Å². The van der Waals surface area contributed by atoms with Gasteiger partial charge in [0.1, 0.15) is 6.33 Å². The smallest absolute Gasteiger partial charge is 0.259 e. The van der Waals surface area contributed by atoms with Crippen LogP contribution in [0, 0.1) is 0 Å². The van der Waals surface area contributed by atoms with Crippen LogP contribution in [0.2, 0.25) is 0 Å². The van der Waals surface area contributed by atoms with Crippen molar-refractivity contribution in [3.05, 3.63) is 46.2 Å². The lowest BCUT2D eigenvalue weighted by Gasteiger charge is -2.04. The Morgan fingerprint density at radius 3 is 3.06 bits per heavy atom. The molecular weight excluding hydrogens is 236 g/mol. The summed E-state index contributed by atoms with van der Waals surface area (Å²) < 4.78 is 4.48. The molecule has 0 saturated heterocycles. The van der Waals surface area contributed by atoms with Gasteiger partial charge in [0, 0.05) is 17.9 Å². The molecule has 0 aliphatic heterocycles. The van der Waals surface area contributed by atoms with Crippen LogP contribution in [-0.2, 0) is 13.6 Å². The SMILES string of the molecule is Cn1cnnc1Cn1ccc2sccc2c1=O. The molecule has 0 aromatic carbocycles. The highest BCUT2D eigenvalue weighted by Gasteiger charge is 2.06. The van der Waals surface area contributed by atoms with E-state index in [9.17, 15) is 4.79 Å². The van der Waals surface area contributed by atoms with Gasteiger partial charge in [-0.2, -0.15) is 0 Å². The zero-order valence-corrected chi connectivity index (χ0v) is 10.0. The van der Waals surface area contributed by atoms with Gasteiger partial charge in [-0.1, -0.05) is 0 Å². The monoisotopic (exact) mass is 246 g/mol. The summed E-state index contributed by atoms with van der Waals surface area (Å²) in [4.78, 5) is 12.1. The first-order chi connectivity index (χ1) is 8.25. The number of hydrogen-bond acceptors (Lipinski definition) is 4. The molecule has 0 radical (unpaired) electrons. The summed E-state index contributed by atoms with van der Waals surface area (Å²) in [5.74, 6) is 0.765. The molecule has 86 valence electrons. The van der Waals surface area contributed by atoms with E-state index in [0.29, 0.717) is 6.54 Å². The van der Waals surface area contributed by atoms with Gasteiger partial charge >= 0.3 is 0 Å². The number of thiophene rings is 1.